The molecule has 1 rings (SSSR count). The first-order valence-electron chi connectivity index (χ1n) is 5.37. The lowest BCUT2D eigenvalue weighted by Crippen LogP contribution is -2.15. The van der Waals surface area contributed by atoms with Crippen LogP contribution in [0.15, 0.2) is 22.7 Å². The first-order chi connectivity index (χ1) is 7.74. The molecule has 2 nitrogen and oxygen atoms in total. The zero-order valence-electron chi connectivity index (χ0n) is 9.43. The van der Waals surface area contributed by atoms with Gasteiger partial charge < -0.3 is 10.1 Å². The van der Waals surface area contributed by atoms with Crippen LogP contribution in [0.3, 0.4) is 0 Å². The van der Waals surface area contributed by atoms with Gasteiger partial charge in [0.1, 0.15) is 0 Å². The van der Waals surface area contributed by atoms with Crippen LogP contribution >= 0.6 is 27.5 Å². The largest absolute Gasteiger partial charge is 0.385 e. The third-order valence-corrected chi connectivity index (χ3v) is 3.50. The monoisotopic (exact) mass is 305 g/mol. The van der Waals surface area contributed by atoms with Crippen LogP contribution in [0.25, 0.3) is 0 Å². The summed E-state index contributed by atoms with van der Waals surface area (Å²) in [6.45, 7) is 2.71. The number of methoxy groups -OCH3 is 1. The number of ether oxygens (including phenoxy) is 1. The van der Waals surface area contributed by atoms with Crippen molar-refractivity contribution in [2.24, 2.45) is 0 Å². The van der Waals surface area contributed by atoms with Gasteiger partial charge in [-0.2, -0.15) is 0 Å². The lowest BCUT2D eigenvalue weighted by molar-refractivity contribution is 0.192. The van der Waals surface area contributed by atoms with E-state index in [0.717, 1.165) is 42.0 Å². The summed E-state index contributed by atoms with van der Waals surface area (Å²) in [6.07, 6.45) is 2.24. The Balaban J connectivity index is 2.19. The number of hydrogen-bond acceptors (Lipinski definition) is 2. The van der Waals surface area contributed by atoms with E-state index in [9.17, 15) is 0 Å². The molecule has 1 N–H and O–H groups in total. The summed E-state index contributed by atoms with van der Waals surface area (Å²) >= 11 is 9.38. The molecular formula is C12H17BrClNO. The van der Waals surface area contributed by atoms with E-state index < -0.39 is 0 Å². The van der Waals surface area contributed by atoms with Crippen LogP contribution in [0.2, 0.25) is 5.02 Å². The minimum Gasteiger partial charge on any atom is -0.385 e. The standard InChI is InChI=1S/C12H17BrClNO/c1-16-7-3-2-6-15-9-10-4-5-11(13)12(14)8-10/h4-5,8,15H,2-3,6-7,9H2,1H3. The van der Waals surface area contributed by atoms with Crippen molar-refractivity contribution in [3.8, 4) is 0 Å². The summed E-state index contributed by atoms with van der Waals surface area (Å²) in [5.41, 5.74) is 1.21. The second-order valence-corrected chi connectivity index (χ2v) is 4.89. The summed E-state index contributed by atoms with van der Waals surface area (Å²) in [7, 11) is 1.73. The molecule has 90 valence electrons. The number of benzene rings is 1. The molecule has 0 spiro atoms. The maximum atomic E-state index is 6.00. The molecule has 0 unspecified atom stereocenters. The zero-order chi connectivity index (χ0) is 11.8. The van der Waals surface area contributed by atoms with Gasteiger partial charge in [-0.1, -0.05) is 17.7 Å². The first-order valence-corrected chi connectivity index (χ1v) is 6.54. The van der Waals surface area contributed by atoms with Crippen molar-refractivity contribution in [1.82, 2.24) is 5.32 Å². The van der Waals surface area contributed by atoms with E-state index in [1.807, 2.05) is 12.1 Å². The highest BCUT2D eigenvalue weighted by Gasteiger charge is 1.98. The number of rotatable bonds is 7. The molecule has 0 heterocycles. The Kier molecular flexibility index (Phi) is 7.05. The smallest absolute Gasteiger partial charge is 0.0551 e. The molecule has 4 heteroatoms. The summed E-state index contributed by atoms with van der Waals surface area (Å²) in [4.78, 5) is 0. The minimum atomic E-state index is 0.763. The number of halogens is 2. The molecule has 0 aliphatic carbocycles. The Hall–Kier alpha value is -0.0900. The number of nitrogens with one attached hydrogen (secondary N) is 1. The molecule has 0 saturated heterocycles. The predicted octanol–water partition coefficient (Wildman–Crippen LogP) is 3.62. The third kappa shape index (κ3) is 5.30. The maximum Gasteiger partial charge on any atom is 0.0551 e. The first kappa shape index (κ1) is 14.0. The van der Waals surface area contributed by atoms with Gasteiger partial charge >= 0.3 is 0 Å². The van der Waals surface area contributed by atoms with E-state index in [1.54, 1.807) is 7.11 Å². The molecule has 0 fully saturated rings. The van der Waals surface area contributed by atoms with Gasteiger partial charge in [0.05, 0.1) is 5.02 Å². The van der Waals surface area contributed by atoms with E-state index in [1.165, 1.54) is 5.56 Å². The minimum absolute atomic E-state index is 0.763. The normalized spacial score (nSPS) is 10.7. The summed E-state index contributed by atoms with van der Waals surface area (Å²) in [5, 5.41) is 4.14. The fourth-order valence-electron chi connectivity index (χ4n) is 1.38. The van der Waals surface area contributed by atoms with Crippen LogP contribution in [0.5, 0.6) is 0 Å². The van der Waals surface area contributed by atoms with E-state index in [-0.39, 0.29) is 0 Å². The van der Waals surface area contributed by atoms with Crippen molar-refractivity contribution in [2.75, 3.05) is 20.3 Å². The lowest BCUT2D eigenvalue weighted by Gasteiger charge is -2.06. The van der Waals surface area contributed by atoms with Crippen molar-refractivity contribution in [1.29, 1.82) is 0 Å². The molecule has 1 aromatic rings. The van der Waals surface area contributed by atoms with Gasteiger partial charge in [-0.25, -0.2) is 0 Å². The molecule has 0 saturated carbocycles. The van der Waals surface area contributed by atoms with E-state index in [4.69, 9.17) is 16.3 Å². The van der Waals surface area contributed by atoms with E-state index >= 15 is 0 Å². The van der Waals surface area contributed by atoms with Crippen LogP contribution in [-0.2, 0) is 11.3 Å². The Morgan fingerprint density at radius 1 is 1.38 bits per heavy atom. The van der Waals surface area contributed by atoms with Crippen LogP contribution in [0, 0.1) is 0 Å². The van der Waals surface area contributed by atoms with Gasteiger partial charge in [0, 0.05) is 24.7 Å². The average molecular weight is 307 g/mol. The Bertz CT molecular complexity index is 320. The van der Waals surface area contributed by atoms with Gasteiger partial charge in [-0.05, 0) is 53.0 Å². The van der Waals surface area contributed by atoms with Gasteiger partial charge in [0.2, 0.25) is 0 Å². The topological polar surface area (TPSA) is 21.3 Å². The molecule has 0 aliphatic rings. The van der Waals surface area contributed by atoms with E-state index in [0.29, 0.717) is 0 Å². The molecule has 0 atom stereocenters. The van der Waals surface area contributed by atoms with Crippen molar-refractivity contribution in [3.05, 3.63) is 33.3 Å². The molecule has 0 radical (unpaired) electrons. The van der Waals surface area contributed by atoms with Gasteiger partial charge in [-0.15, -0.1) is 0 Å². The molecule has 0 amide bonds. The van der Waals surface area contributed by atoms with E-state index in [2.05, 4.69) is 27.3 Å². The fraction of sp³-hybridized carbons (Fsp3) is 0.500. The molecule has 16 heavy (non-hydrogen) atoms. The quantitative estimate of drug-likeness (QED) is 0.777. The maximum absolute atomic E-state index is 6.00. The van der Waals surface area contributed by atoms with Crippen molar-refractivity contribution in [2.45, 2.75) is 19.4 Å². The molecule has 0 aromatic heterocycles. The summed E-state index contributed by atoms with van der Waals surface area (Å²) in [5.74, 6) is 0. The molecule has 1 aromatic carbocycles. The second-order valence-electron chi connectivity index (χ2n) is 3.63. The number of unbranched alkanes of at least 4 members (excludes halogenated alkanes) is 1. The van der Waals surface area contributed by atoms with Crippen molar-refractivity contribution < 1.29 is 4.74 Å². The molecular weight excluding hydrogens is 289 g/mol. The summed E-state index contributed by atoms with van der Waals surface area (Å²) < 4.78 is 5.93. The highest BCUT2D eigenvalue weighted by molar-refractivity contribution is 9.10. The van der Waals surface area contributed by atoms with Crippen molar-refractivity contribution >= 4 is 27.5 Å². The third-order valence-electron chi connectivity index (χ3n) is 2.27. The highest BCUT2D eigenvalue weighted by atomic mass is 79.9. The van der Waals surface area contributed by atoms with Gasteiger partial charge in [0.15, 0.2) is 0 Å². The zero-order valence-corrected chi connectivity index (χ0v) is 11.8. The van der Waals surface area contributed by atoms with Crippen LogP contribution in [0.4, 0.5) is 0 Å². The fourth-order valence-corrected chi connectivity index (χ4v) is 1.83. The summed E-state index contributed by atoms with van der Waals surface area (Å²) in [6, 6.07) is 6.02. The second kappa shape index (κ2) is 8.07. The van der Waals surface area contributed by atoms with Crippen LogP contribution in [-0.4, -0.2) is 20.3 Å². The SMILES string of the molecule is COCCCCNCc1ccc(Br)c(Cl)c1. The Morgan fingerprint density at radius 2 is 2.19 bits per heavy atom. The van der Waals surface area contributed by atoms with Crippen LogP contribution in [0.1, 0.15) is 18.4 Å². The highest BCUT2D eigenvalue weighted by Crippen LogP contribution is 2.22. The predicted molar refractivity (Wildman–Crippen MR) is 72.0 cm³/mol. The van der Waals surface area contributed by atoms with Gasteiger partial charge in [-0.3, -0.25) is 0 Å². The van der Waals surface area contributed by atoms with Crippen molar-refractivity contribution in [3.63, 3.8) is 0 Å². The lowest BCUT2D eigenvalue weighted by atomic mass is 10.2. The average Bonchev–Trinajstić information content (AvgIpc) is 2.28. The number of hydrogen-bond donors (Lipinski definition) is 1. The Morgan fingerprint density at radius 3 is 2.88 bits per heavy atom. The molecule has 0 aliphatic heterocycles. The van der Waals surface area contributed by atoms with Gasteiger partial charge in [0.25, 0.3) is 0 Å². The Labute approximate surface area is 110 Å². The van der Waals surface area contributed by atoms with Crippen LogP contribution < -0.4 is 5.32 Å². The molecule has 0 bridgehead atoms.